The van der Waals surface area contributed by atoms with E-state index in [1.165, 1.54) is 5.56 Å². The van der Waals surface area contributed by atoms with E-state index in [2.05, 4.69) is 63.4 Å². The van der Waals surface area contributed by atoms with Crippen molar-refractivity contribution in [3.05, 3.63) is 107 Å². The number of carbonyl (C=O) groups is 2. The smallest absolute Gasteiger partial charge is 0.338 e. The molecular formula is C28H37B10N3O3. The number of benzene rings is 3. The molecule has 0 saturated heterocycles. The molecule has 0 spiro atoms. The standard InChI is InChI=1S/C28H37B10N3O3/c29-22(44-23(42)20-8-6-18(26(31,32)33)12-21(20)27(34,35)36)14-1-4-17(5-2-14)25(30,28(37,38)39)24(43)41-19-7-3-16-13-40-10-9-15(16)11-19/h1-13,22H,29-39H2,(H,41,43). The van der Waals surface area contributed by atoms with Crippen molar-refractivity contribution in [3.63, 3.8) is 0 Å². The monoisotopic (exact) mass is 573 g/mol. The Morgan fingerprint density at radius 1 is 0.773 bits per heavy atom. The zero-order valence-electron chi connectivity index (χ0n) is 27.8. The molecule has 4 aromatic rings. The SMILES string of the molecule is BC(OC(=O)c1ccc(C(B)(B)B)cc1C(B)(B)B)c1ccc(C(B)(C(=O)Nc2ccc3cnccc3c2)C(B)(B)N)cc1. The number of nitrogens with zero attached hydrogens (tertiary/aromatic N) is 1. The Bertz CT molecular complexity index is 1700. The van der Waals surface area contributed by atoms with Crippen LogP contribution in [0.2, 0.25) is 0 Å². The predicted molar refractivity (Wildman–Crippen MR) is 209 cm³/mol. The number of nitrogens with one attached hydrogen (secondary N) is 1. The van der Waals surface area contributed by atoms with Gasteiger partial charge in [0.15, 0.2) is 7.85 Å². The first-order chi connectivity index (χ1) is 20.3. The van der Waals surface area contributed by atoms with Gasteiger partial charge in [0.05, 0.1) is 58.6 Å². The lowest BCUT2D eigenvalue weighted by Crippen LogP contribution is -2.65. The van der Waals surface area contributed by atoms with Crippen LogP contribution in [0.5, 0.6) is 0 Å². The maximum atomic E-state index is 13.9. The summed E-state index contributed by atoms with van der Waals surface area (Å²) in [6.07, 6.45) is 3.52. The highest BCUT2D eigenvalue weighted by atomic mass is 16.5. The number of aromatic nitrogens is 1. The fourth-order valence-electron chi connectivity index (χ4n) is 5.40. The molecule has 2 atom stereocenters. The average Bonchev–Trinajstić information content (AvgIpc) is 2.94. The summed E-state index contributed by atoms with van der Waals surface area (Å²) in [5, 5.41) is 2.85. The summed E-state index contributed by atoms with van der Waals surface area (Å²) >= 11 is 0. The largest absolute Gasteiger partial charge is 0.464 e. The topological polar surface area (TPSA) is 94.3 Å². The van der Waals surface area contributed by atoms with Gasteiger partial charge in [-0.25, -0.2) is 4.79 Å². The van der Waals surface area contributed by atoms with Crippen LogP contribution < -0.4 is 11.1 Å². The lowest BCUT2D eigenvalue weighted by atomic mass is 9.37. The van der Waals surface area contributed by atoms with E-state index in [1.54, 1.807) is 12.4 Å². The minimum atomic E-state index is -1.06. The first-order valence-electron chi connectivity index (χ1n) is 15.2. The number of ether oxygens (including phenoxy) is 1. The zero-order chi connectivity index (χ0) is 32.7. The Balaban J connectivity index is 1.57. The first kappa shape index (κ1) is 33.5. The number of nitrogens with two attached hydrogens (primary N) is 1. The van der Waals surface area contributed by atoms with Crippen molar-refractivity contribution in [2.45, 2.75) is 26.9 Å². The second-order valence-electron chi connectivity index (χ2n) is 14.7. The van der Waals surface area contributed by atoms with Crippen LogP contribution in [0.25, 0.3) is 10.8 Å². The van der Waals surface area contributed by atoms with Crippen LogP contribution in [0.3, 0.4) is 0 Å². The number of esters is 1. The molecule has 0 aliphatic rings. The van der Waals surface area contributed by atoms with Crippen molar-refractivity contribution in [2.75, 3.05) is 5.32 Å². The Morgan fingerprint density at radius 2 is 1.41 bits per heavy atom. The number of rotatable bonds is 9. The van der Waals surface area contributed by atoms with Gasteiger partial charge in [0.1, 0.15) is 23.5 Å². The molecule has 0 aliphatic carbocycles. The molecule has 1 aromatic heterocycles. The van der Waals surface area contributed by atoms with E-state index in [9.17, 15) is 9.59 Å². The third-order valence-corrected chi connectivity index (χ3v) is 8.80. The predicted octanol–water partition coefficient (Wildman–Crippen LogP) is -5.91. The molecule has 44 heavy (non-hydrogen) atoms. The molecule has 212 valence electrons. The summed E-state index contributed by atoms with van der Waals surface area (Å²) in [5.74, 6) is -0.565. The normalized spacial score (nSPS) is 14.3. The second-order valence-corrected chi connectivity index (χ2v) is 14.7. The van der Waals surface area contributed by atoms with Gasteiger partial charge in [0.2, 0.25) is 5.91 Å². The summed E-state index contributed by atoms with van der Waals surface area (Å²) in [6, 6.07) is 20.8. The molecular weight excluding hydrogens is 534 g/mol. The van der Waals surface area contributed by atoms with Crippen LogP contribution in [0, 0.1) is 0 Å². The van der Waals surface area contributed by atoms with Crippen LogP contribution in [0.4, 0.5) is 5.69 Å². The van der Waals surface area contributed by atoms with Gasteiger partial charge in [0, 0.05) is 28.8 Å². The minimum absolute atomic E-state index is 0.0336. The summed E-state index contributed by atoms with van der Waals surface area (Å²) < 4.78 is 5.99. The van der Waals surface area contributed by atoms with Gasteiger partial charge in [-0.15, -0.1) is 0 Å². The number of fused-ring (bicyclic) bond motifs is 1. The molecule has 0 aliphatic heterocycles. The van der Waals surface area contributed by atoms with Crippen LogP contribution in [-0.4, -0.2) is 101 Å². The van der Waals surface area contributed by atoms with Crippen LogP contribution in [-0.2, 0) is 25.1 Å². The van der Waals surface area contributed by atoms with E-state index >= 15 is 0 Å². The van der Waals surface area contributed by atoms with Crippen molar-refractivity contribution in [1.82, 2.24) is 4.98 Å². The number of amides is 1. The highest BCUT2D eigenvalue weighted by Gasteiger charge is 2.45. The van der Waals surface area contributed by atoms with Crippen molar-refractivity contribution in [1.29, 1.82) is 0 Å². The highest BCUT2D eigenvalue weighted by Crippen LogP contribution is 2.32. The van der Waals surface area contributed by atoms with E-state index < -0.39 is 16.7 Å². The van der Waals surface area contributed by atoms with Crippen LogP contribution >= 0.6 is 0 Å². The Labute approximate surface area is 270 Å². The van der Waals surface area contributed by atoms with Crippen molar-refractivity contribution in [3.8, 4) is 0 Å². The Kier molecular flexibility index (Phi) is 9.29. The quantitative estimate of drug-likeness (QED) is 0.154. The lowest BCUT2D eigenvalue weighted by Gasteiger charge is -2.41. The Morgan fingerprint density at radius 3 is 2.00 bits per heavy atom. The molecule has 0 saturated carbocycles. The molecule has 1 heterocycles. The molecule has 1 amide bonds. The summed E-state index contributed by atoms with van der Waals surface area (Å²) in [7, 11) is 20.3. The number of hydrogen-bond acceptors (Lipinski definition) is 5. The van der Waals surface area contributed by atoms with Gasteiger partial charge in [-0.2, -0.15) is 0 Å². The maximum absolute atomic E-state index is 13.9. The van der Waals surface area contributed by atoms with Crippen molar-refractivity contribution in [2.24, 2.45) is 5.73 Å². The first-order valence-corrected chi connectivity index (χ1v) is 15.2. The molecule has 2 unspecified atom stereocenters. The van der Waals surface area contributed by atoms with Gasteiger partial charge in [-0.3, -0.25) is 9.78 Å². The minimum Gasteiger partial charge on any atom is -0.464 e. The molecule has 0 radical (unpaired) electrons. The Hall–Kier alpha value is -3.38. The van der Waals surface area contributed by atoms with Crippen molar-refractivity contribution < 1.29 is 14.3 Å². The molecule has 0 fully saturated rings. The molecule has 3 N–H and O–H groups in total. The zero-order valence-corrected chi connectivity index (χ0v) is 27.8. The van der Waals surface area contributed by atoms with E-state index in [0.29, 0.717) is 11.3 Å². The molecule has 4 rings (SSSR count). The van der Waals surface area contributed by atoms with E-state index in [-0.39, 0.29) is 22.1 Å². The maximum Gasteiger partial charge on any atom is 0.338 e. The third kappa shape index (κ3) is 6.96. The summed E-state index contributed by atoms with van der Waals surface area (Å²) in [5.41, 5.74) is 11.7. The lowest BCUT2D eigenvalue weighted by molar-refractivity contribution is -0.119. The highest BCUT2D eigenvalue weighted by molar-refractivity contribution is 6.60. The third-order valence-electron chi connectivity index (χ3n) is 8.80. The number of hydrogen-bond donors (Lipinski definition) is 2. The number of anilines is 1. The van der Waals surface area contributed by atoms with Crippen molar-refractivity contribution >= 4 is 107 Å². The summed E-state index contributed by atoms with van der Waals surface area (Å²) in [6.45, 7) is 0. The van der Waals surface area contributed by atoms with Crippen LogP contribution in [0.15, 0.2) is 79.1 Å². The van der Waals surface area contributed by atoms with Gasteiger partial charge >= 0.3 is 5.97 Å². The van der Waals surface area contributed by atoms with E-state index in [0.717, 1.165) is 27.5 Å². The van der Waals surface area contributed by atoms with E-state index in [1.807, 2.05) is 92.0 Å². The average molecular weight is 572 g/mol. The molecule has 0 bridgehead atoms. The number of pyridine rings is 1. The van der Waals surface area contributed by atoms with Gasteiger partial charge in [-0.05, 0) is 46.1 Å². The molecule has 3 aromatic carbocycles. The summed E-state index contributed by atoms with van der Waals surface area (Å²) in [4.78, 5) is 31.5. The molecule has 16 heteroatoms. The van der Waals surface area contributed by atoms with Gasteiger partial charge < -0.3 is 15.8 Å². The second kappa shape index (κ2) is 12.2. The van der Waals surface area contributed by atoms with Gasteiger partial charge in [-0.1, -0.05) is 63.8 Å². The van der Waals surface area contributed by atoms with E-state index in [4.69, 9.17) is 10.5 Å². The van der Waals surface area contributed by atoms with Gasteiger partial charge in [0.25, 0.3) is 0 Å². The van der Waals surface area contributed by atoms with Crippen LogP contribution in [0.1, 0.15) is 38.6 Å². The molecule has 6 nitrogen and oxygen atoms in total. The fraction of sp³-hybridized carbons (Fsp3) is 0.179. The fourth-order valence-corrected chi connectivity index (χ4v) is 5.40. The number of carbonyl (C=O) groups excluding carboxylic acids is 2.